The van der Waals surface area contributed by atoms with Crippen molar-refractivity contribution in [1.29, 1.82) is 0 Å². The first-order valence-corrected chi connectivity index (χ1v) is 9.95. The molecule has 3 aromatic rings. The maximum atomic E-state index is 12.2. The SMILES string of the molecule is CCc1ccccc1NC(=O)CNC(=O)/C=C/c1c(C)nn(-c2ccccc2)c1C. The van der Waals surface area contributed by atoms with Crippen molar-refractivity contribution < 1.29 is 9.59 Å². The van der Waals surface area contributed by atoms with Gasteiger partial charge in [-0.25, -0.2) is 4.68 Å². The molecule has 2 aromatic carbocycles. The van der Waals surface area contributed by atoms with Crippen molar-refractivity contribution in [2.24, 2.45) is 0 Å². The van der Waals surface area contributed by atoms with Gasteiger partial charge in [-0.2, -0.15) is 5.10 Å². The Kier molecular flexibility index (Phi) is 6.80. The maximum absolute atomic E-state index is 12.2. The Bertz CT molecular complexity index is 1070. The van der Waals surface area contributed by atoms with Gasteiger partial charge < -0.3 is 10.6 Å². The second kappa shape index (κ2) is 9.69. The molecule has 0 aliphatic rings. The van der Waals surface area contributed by atoms with Crippen LogP contribution in [0.1, 0.15) is 29.4 Å². The number of aromatic nitrogens is 2. The first-order valence-electron chi connectivity index (χ1n) is 9.95. The Balaban J connectivity index is 1.60. The fraction of sp³-hybridized carbons (Fsp3) is 0.208. The van der Waals surface area contributed by atoms with Gasteiger partial charge in [0.05, 0.1) is 17.9 Å². The average molecular weight is 402 g/mol. The number of benzene rings is 2. The number of nitrogens with one attached hydrogen (secondary N) is 2. The fourth-order valence-electron chi connectivity index (χ4n) is 3.25. The molecule has 6 heteroatoms. The van der Waals surface area contributed by atoms with E-state index in [1.807, 2.05) is 80.1 Å². The molecule has 0 fully saturated rings. The van der Waals surface area contributed by atoms with Crippen molar-refractivity contribution in [3.8, 4) is 5.69 Å². The largest absolute Gasteiger partial charge is 0.343 e. The Labute approximate surface area is 176 Å². The van der Waals surface area contributed by atoms with Gasteiger partial charge in [0.15, 0.2) is 0 Å². The normalized spacial score (nSPS) is 10.9. The zero-order chi connectivity index (χ0) is 21.5. The van der Waals surface area contributed by atoms with Crippen LogP contribution in [0.4, 0.5) is 5.69 Å². The predicted octanol–water partition coefficient (Wildman–Crippen LogP) is 3.82. The second-order valence-electron chi connectivity index (χ2n) is 6.94. The van der Waals surface area contributed by atoms with Crippen LogP contribution in [-0.4, -0.2) is 28.1 Å². The minimum atomic E-state index is -0.333. The lowest BCUT2D eigenvalue weighted by Gasteiger charge is -2.09. The van der Waals surface area contributed by atoms with Crippen molar-refractivity contribution in [2.45, 2.75) is 27.2 Å². The Morgan fingerprint density at radius 1 is 1.03 bits per heavy atom. The van der Waals surface area contributed by atoms with Crippen molar-refractivity contribution in [1.82, 2.24) is 15.1 Å². The molecule has 0 radical (unpaired) electrons. The van der Waals surface area contributed by atoms with E-state index >= 15 is 0 Å². The lowest BCUT2D eigenvalue weighted by Crippen LogP contribution is -2.31. The van der Waals surface area contributed by atoms with Gasteiger partial charge in [0.25, 0.3) is 0 Å². The molecule has 0 spiro atoms. The van der Waals surface area contributed by atoms with Gasteiger partial charge >= 0.3 is 0 Å². The number of para-hydroxylation sites is 2. The zero-order valence-electron chi connectivity index (χ0n) is 17.5. The molecular formula is C24H26N4O2. The second-order valence-corrected chi connectivity index (χ2v) is 6.94. The molecule has 0 saturated heterocycles. The van der Waals surface area contributed by atoms with Gasteiger partial charge in [0.1, 0.15) is 0 Å². The van der Waals surface area contributed by atoms with Crippen LogP contribution in [0.3, 0.4) is 0 Å². The molecule has 0 atom stereocenters. The number of anilines is 1. The van der Waals surface area contributed by atoms with E-state index in [1.165, 1.54) is 6.08 Å². The monoisotopic (exact) mass is 402 g/mol. The summed E-state index contributed by atoms with van der Waals surface area (Å²) in [5, 5.41) is 10.0. The maximum Gasteiger partial charge on any atom is 0.244 e. The van der Waals surface area contributed by atoms with E-state index in [-0.39, 0.29) is 18.4 Å². The van der Waals surface area contributed by atoms with Gasteiger partial charge in [0, 0.05) is 23.0 Å². The molecule has 0 bridgehead atoms. The minimum Gasteiger partial charge on any atom is -0.343 e. The molecule has 30 heavy (non-hydrogen) atoms. The highest BCUT2D eigenvalue weighted by atomic mass is 16.2. The number of rotatable bonds is 7. The minimum absolute atomic E-state index is 0.0948. The third-order valence-electron chi connectivity index (χ3n) is 4.84. The lowest BCUT2D eigenvalue weighted by atomic mass is 10.1. The van der Waals surface area contributed by atoms with E-state index in [4.69, 9.17) is 0 Å². The van der Waals surface area contributed by atoms with Crippen LogP contribution in [0, 0.1) is 13.8 Å². The van der Waals surface area contributed by atoms with Gasteiger partial charge in [-0.15, -0.1) is 0 Å². The van der Waals surface area contributed by atoms with E-state index in [0.29, 0.717) is 0 Å². The third-order valence-corrected chi connectivity index (χ3v) is 4.84. The molecular weight excluding hydrogens is 376 g/mol. The summed E-state index contributed by atoms with van der Waals surface area (Å²) in [6.45, 7) is 5.80. The van der Waals surface area contributed by atoms with Crippen LogP contribution in [0.25, 0.3) is 11.8 Å². The number of nitrogens with zero attached hydrogens (tertiary/aromatic N) is 2. The van der Waals surface area contributed by atoms with E-state index in [2.05, 4.69) is 15.7 Å². The van der Waals surface area contributed by atoms with Crippen LogP contribution < -0.4 is 10.6 Å². The molecule has 3 rings (SSSR count). The smallest absolute Gasteiger partial charge is 0.244 e. The van der Waals surface area contributed by atoms with E-state index in [0.717, 1.165) is 40.3 Å². The number of carbonyl (C=O) groups excluding carboxylic acids is 2. The van der Waals surface area contributed by atoms with E-state index < -0.39 is 0 Å². The molecule has 6 nitrogen and oxygen atoms in total. The number of hydrogen-bond acceptors (Lipinski definition) is 3. The van der Waals surface area contributed by atoms with Crippen molar-refractivity contribution >= 4 is 23.6 Å². The summed E-state index contributed by atoms with van der Waals surface area (Å²) in [5.74, 6) is -0.595. The van der Waals surface area contributed by atoms with Crippen LogP contribution in [-0.2, 0) is 16.0 Å². The van der Waals surface area contributed by atoms with E-state index in [1.54, 1.807) is 6.08 Å². The average Bonchev–Trinajstić information content (AvgIpc) is 3.05. The summed E-state index contributed by atoms with van der Waals surface area (Å²) in [6, 6.07) is 17.5. The number of aryl methyl sites for hydroxylation is 2. The predicted molar refractivity (Wildman–Crippen MR) is 120 cm³/mol. The highest BCUT2D eigenvalue weighted by Crippen LogP contribution is 2.19. The zero-order valence-corrected chi connectivity index (χ0v) is 17.5. The van der Waals surface area contributed by atoms with Crippen molar-refractivity contribution in [2.75, 3.05) is 11.9 Å². The number of hydrogen-bond donors (Lipinski definition) is 2. The first kappa shape index (κ1) is 21.0. The summed E-state index contributed by atoms with van der Waals surface area (Å²) in [6.07, 6.45) is 3.98. The molecule has 2 amide bonds. The van der Waals surface area contributed by atoms with Crippen LogP contribution in [0.15, 0.2) is 60.7 Å². The van der Waals surface area contributed by atoms with Crippen LogP contribution in [0.5, 0.6) is 0 Å². The summed E-state index contributed by atoms with van der Waals surface area (Å²) in [4.78, 5) is 24.4. The Morgan fingerprint density at radius 3 is 2.47 bits per heavy atom. The molecule has 1 aromatic heterocycles. The summed E-state index contributed by atoms with van der Waals surface area (Å²) in [5.41, 5.74) is 5.44. The molecule has 154 valence electrons. The van der Waals surface area contributed by atoms with Crippen LogP contribution >= 0.6 is 0 Å². The third kappa shape index (κ3) is 5.03. The summed E-state index contributed by atoms with van der Waals surface area (Å²) < 4.78 is 1.85. The van der Waals surface area contributed by atoms with Crippen LogP contribution in [0.2, 0.25) is 0 Å². The molecule has 2 N–H and O–H groups in total. The number of carbonyl (C=O) groups is 2. The first-order chi connectivity index (χ1) is 14.5. The highest BCUT2D eigenvalue weighted by molar-refractivity contribution is 5.98. The molecule has 0 saturated carbocycles. The molecule has 0 unspecified atom stereocenters. The highest BCUT2D eigenvalue weighted by Gasteiger charge is 2.11. The summed E-state index contributed by atoms with van der Waals surface area (Å²) in [7, 11) is 0. The van der Waals surface area contributed by atoms with Gasteiger partial charge in [-0.3, -0.25) is 9.59 Å². The number of amides is 2. The van der Waals surface area contributed by atoms with Gasteiger partial charge in [-0.1, -0.05) is 43.3 Å². The fourth-order valence-corrected chi connectivity index (χ4v) is 3.25. The standard InChI is InChI=1S/C24H26N4O2/c1-4-19-10-8-9-13-22(19)26-24(30)16-25-23(29)15-14-21-17(2)27-28(18(21)3)20-11-6-5-7-12-20/h5-15H,4,16H2,1-3H3,(H,25,29)(H,26,30)/b15-14+. The molecule has 1 heterocycles. The molecule has 0 aliphatic carbocycles. The lowest BCUT2D eigenvalue weighted by molar-refractivity contribution is -0.121. The topological polar surface area (TPSA) is 76.0 Å². The van der Waals surface area contributed by atoms with Crippen molar-refractivity contribution in [3.63, 3.8) is 0 Å². The van der Waals surface area contributed by atoms with Crippen molar-refractivity contribution in [3.05, 3.63) is 83.2 Å². The van der Waals surface area contributed by atoms with Gasteiger partial charge in [-0.05, 0) is 50.1 Å². The Hall–Kier alpha value is -3.67. The Morgan fingerprint density at radius 2 is 1.73 bits per heavy atom. The van der Waals surface area contributed by atoms with Gasteiger partial charge in [0.2, 0.25) is 11.8 Å². The molecule has 0 aliphatic heterocycles. The quantitative estimate of drug-likeness (QED) is 0.590. The summed E-state index contributed by atoms with van der Waals surface area (Å²) >= 11 is 0. The van der Waals surface area contributed by atoms with E-state index in [9.17, 15) is 9.59 Å².